The van der Waals surface area contributed by atoms with E-state index in [1.165, 1.54) is 13.3 Å². The molecule has 0 atom stereocenters. The normalized spacial score (nSPS) is 10.0. The number of methoxy groups -OCH3 is 1. The van der Waals surface area contributed by atoms with Crippen molar-refractivity contribution in [2.45, 2.75) is 6.92 Å². The molecule has 3 nitrogen and oxygen atoms in total. The van der Waals surface area contributed by atoms with Crippen molar-refractivity contribution in [2.24, 2.45) is 0 Å². The van der Waals surface area contributed by atoms with Gasteiger partial charge in [-0.25, -0.2) is 4.79 Å². The molecule has 0 aliphatic carbocycles. The summed E-state index contributed by atoms with van der Waals surface area (Å²) in [7, 11) is 1.37. The maximum atomic E-state index is 11.6. The average molecular weight is 227 g/mol. The lowest BCUT2D eigenvalue weighted by Crippen LogP contribution is -2.04. The average Bonchev–Trinajstić information content (AvgIpc) is 2.38. The molecule has 1 heterocycles. The Hall–Kier alpha value is -2.16. The van der Waals surface area contributed by atoms with Crippen LogP contribution < -0.4 is 0 Å². The van der Waals surface area contributed by atoms with Gasteiger partial charge in [-0.05, 0) is 24.1 Å². The molecule has 2 rings (SSSR count). The summed E-state index contributed by atoms with van der Waals surface area (Å²) in [6.45, 7) is 2.02. The van der Waals surface area contributed by atoms with Gasteiger partial charge in [-0.1, -0.05) is 29.8 Å². The Labute approximate surface area is 100 Å². The third kappa shape index (κ3) is 2.33. The predicted octanol–water partition coefficient (Wildman–Crippen LogP) is 2.84. The number of nitrogens with zero attached hydrogens (tertiary/aromatic N) is 1. The smallest absolute Gasteiger partial charge is 0.340 e. The second-order valence-electron chi connectivity index (χ2n) is 3.78. The quantitative estimate of drug-likeness (QED) is 0.740. The molecule has 3 heteroatoms. The molecule has 0 spiro atoms. The highest BCUT2D eigenvalue weighted by molar-refractivity contribution is 5.96. The summed E-state index contributed by atoms with van der Waals surface area (Å²) < 4.78 is 4.75. The van der Waals surface area contributed by atoms with Crippen molar-refractivity contribution in [3.05, 3.63) is 53.9 Å². The minimum absolute atomic E-state index is 0.366. The van der Waals surface area contributed by atoms with Crippen LogP contribution in [0.15, 0.2) is 42.7 Å². The molecule has 0 saturated carbocycles. The molecule has 0 N–H and O–H groups in total. The van der Waals surface area contributed by atoms with E-state index in [1.807, 2.05) is 37.3 Å². The number of hydrogen-bond acceptors (Lipinski definition) is 3. The van der Waals surface area contributed by atoms with Crippen molar-refractivity contribution in [3.8, 4) is 11.1 Å². The van der Waals surface area contributed by atoms with Crippen molar-refractivity contribution in [1.29, 1.82) is 0 Å². The highest BCUT2D eigenvalue weighted by Gasteiger charge is 2.12. The van der Waals surface area contributed by atoms with E-state index < -0.39 is 0 Å². The molecule has 0 radical (unpaired) electrons. The van der Waals surface area contributed by atoms with Gasteiger partial charge >= 0.3 is 5.97 Å². The van der Waals surface area contributed by atoms with E-state index in [1.54, 1.807) is 6.20 Å². The summed E-state index contributed by atoms with van der Waals surface area (Å²) in [5.41, 5.74) is 3.47. The number of carbonyl (C=O) groups is 1. The molecule has 0 aliphatic heterocycles. The number of hydrogen-bond donors (Lipinski definition) is 0. The van der Waals surface area contributed by atoms with Crippen LogP contribution in [0.4, 0.5) is 0 Å². The third-order valence-electron chi connectivity index (χ3n) is 2.56. The first-order valence-corrected chi connectivity index (χ1v) is 5.31. The Morgan fingerprint density at radius 2 is 2.12 bits per heavy atom. The van der Waals surface area contributed by atoms with Crippen molar-refractivity contribution < 1.29 is 9.53 Å². The molecule has 0 fully saturated rings. The molecule has 0 unspecified atom stereocenters. The van der Waals surface area contributed by atoms with Crippen LogP contribution in [0, 0.1) is 6.92 Å². The Bertz CT molecular complexity index is 549. The Morgan fingerprint density at radius 1 is 1.29 bits per heavy atom. The lowest BCUT2D eigenvalue weighted by atomic mass is 10.0. The van der Waals surface area contributed by atoms with Gasteiger partial charge in [0.25, 0.3) is 0 Å². The van der Waals surface area contributed by atoms with Crippen LogP contribution in [0.5, 0.6) is 0 Å². The monoisotopic (exact) mass is 227 g/mol. The second-order valence-corrected chi connectivity index (χ2v) is 3.78. The molecule has 0 aliphatic rings. The zero-order valence-corrected chi connectivity index (χ0v) is 9.81. The fourth-order valence-electron chi connectivity index (χ4n) is 1.73. The van der Waals surface area contributed by atoms with Gasteiger partial charge in [0.05, 0.1) is 12.7 Å². The fourth-order valence-corrected chi connectivity index (χ4v) is 1.73. The highest BCUT2D eigenvalue weighted by Crippen LogP contribution is 2.24. The van der Waals surface area contributed by atoms with Gasteiger partial charge < -0.3 is 4.74 Å². The minimum Gasteiger partial charge on any atom is -0.465 e. The van der Waals surface area contributed by atoms with E-state index in [-0.39, 0.29) is 5.97 Å². The lowest BCUT2D eigenvalue weighted by molar-refractivity contribution is 0.0601. The van der Waals surface area contributed by atoms with Crippen LogP contribution in [0.25, 0.3) is 11.1 Å². The SMILES string of the molecule is COC(=O)c1cnccc1-c1cccc(C)c1. The van der Waals surface area contributed by atoms with Crippen LogP contribution in [0.3, 0.4) is 0 Å². The molecule has 17 heavy (non-hydrogen) atoms. The summed E-state index contributed by atoms with van der Waals surface area (Å²) in [5.74, 6) is -0.366. The van der Waals surface area contributed by atoms with E-state index >= 15 is 0 Å². The number of esters is 1. The van der Waals surface area contributed by atoms with E-state index in [4.69, 9.17) is 4.74 Å². The van der Waals surface area contributed by atoms with E-state index in [0.717, 1.165) is 16.7 Å². The van der Waals surface area contributed by atoms with Gasteiger partial charge in [0, 0.05) is 12.4 Å². The zero-order chi connectivity index (χ0) is 12.3. The molecule has 2 aromatic rings. The molecule has 0 amide bonds. The molecule has 0 saturated heterocycles. The number of pyridine rings is 1. The van der Waals surface area contributed by atoms with Gasteiger partial charge in [-0.15, -0.1) is 0 Å². The molecular weight excluding hydrogens is 214 g/mol. The van der Waals surface area contributed by atoms with Crippen molar-refractivity contribution >= 4 is 5.97 Å². The number of benzene rings is 1. The number of rotatable bonds is 2. The number of ether oxygens (including phenoxy) is 1. The summed E-state index contributed by atoms with van der Waals surface area (Å²) >= 11 is 0. The first-order chi connectivity index (χ1) is 8.22. The first-order valence-electron chi connectivity index (χ1n) is 5.31. The van der Waals surface area contributed by atoms with E-state index in [0.29, 0.717) is 5.56 Å². The van der Waals surface area contributed by atoms with Crippen molar-refractivity contribution in [1.82, 2.24) is 4.98 Å². The minimum atomic E-state index is -0.366. The van der Waals surface area contributed by atoms with Gasteiger partial charge in [-0.3, -0.25) is 4.98 Å². The Morgan fingerprint density at radius 3 is 2.82 bits per heavy atom. The topological polar surface area (TPSA) is 39.2 Å². The van der Waals surface area contributed by atoms with Gasteiger partial charge in [0.15, 0.2) is 0 Å². The van der Waals surface area contributed by atoms with E-state index in [9.17, 15) is 4.79 Å². The van der Waals surface area contributed by atoms with E-state index in [2.05, 4.69) is 4.98 Å². The van der Waals surface area contributed by atoms with Crippen LogP contribution in [-0.2, 0) is 4.74 Å². The molecule has 0 bridgehead atoms. The van der Waals surface area contributed by atoms with Crippen LogP contribution in [0.1, 0.15) is 15.9 Å². The number of aromatic nitrogens is 1. The van der Waals surface area contributed by atoms with Crippen LogP contribution >= 0.6 is 0 Å². The first kappa shape index (κ1) is 11.3. The maximum Gasteiger partial charge on any atom is 0.340 e. The molecule has 86 valence electrons. The second kappa shape index (κ2) is 4.78. The fraction of sp³-hybridized carbons (Fsp3) is 0.143. The lowest BCUT2D eigenvalue weighted by Gasteiger charge is -2.07. The maximum absolute atomic E-state index is 11.6. The third-order valence-corrected chi connectivity index (χ3v) is 2.56. The molecule has 1 aromatic heterocycles. The standard InChI is InChI=1S/C14H13NO2/c1-10-4-3-5-11(8-10)12-6-7-15-9-13(12)14(16)17-2/h3-9H,1-2H3. The Kier molecular flexibility index (Phi) is 3.19. The van der Waals surface area contributed by atoms with Gasteiger partial charge in [0.2, 0.25) is 0 Å². The summed E-state index contributed by atoms with van der Waals surface area (Å²) in [6.07, 6.45) is 3.20. The summed E-state index contributed by atoms with van der Waals surface area (Å²) in [5, 5.41) is 0. The summed E-state index contributed by atoms with van der Waals surface area (Å²) in [4.78, 5) is 15.6. The zero-order valence-electron chi connectivity index (χ0n) is 9.81. The van der Waals surface area contributed by atoms with Crippen molar-refractivity contribution in [3.63, 3.8) is 0 Å². The van der Waals surface area contributed by atoms with Crippen LogP contribution in [0.2, 0.25) is 0 Å². The molecular formula is C14H13NO2. The largest absolute Gasteiger partial charge is 0.465 e. The van der Waals surface area contributed by atoms with Crippen molar-refractivity contribution in [2.75, 3.05) is 7.11 Å². The predicted molar refractivity (Wildman–Crippen MR) is 65.7 cm³/mol. The van der Waals surface area contributed by atoms with Gasteiger partial charge in [0.1, 0.15) is 0 Å². The van der Waals surface area contributed by atoms with Gasteiger partial charge in [-0.2, -0.15) is 0 Å². The van der Waals surface area contributed by atoms with Crippen LogP contribution in [-0.4, -0.2) is 18.1 Å². The number of aryl methyl sites for hydroxylation is 1. The highest BCUT2D eigenvalue weighted by atomic mass is 16.5. The molecule has 1 aromatic carbocycles. The number of carbonyl (C=O) groups excluding carboxylic acids is 1. The Balaban J connectivity index is 2.55. The summed E-state index contributed by atoms with van der Waals surface area (Å²) in [6, 6.07) is 9.80.